The molecule has 11 nitrogen and oxygen atoms in total. The van der Waals surface area contributed by atoms with E-state index in [4.69, 9.17) is 28.4 Å². The number of H-pyrrole nitrogens is 1. The maximum Gasteiger partial charge on any atom is 0.361 e. The van der Waals surface area contributed by atoms with Crippen molar-refractivity contribution in [1.29, 1.82) is 0 Å². The Morgan fingerprint density at radius 3 is 1.64 bits per heavy atom. The van der Waals surface area contributed by atoms with Gasteiger partial charge in [0.25, 0.3) is 0 Å². The molecule has 1 aromatic heterocycles. The summed E-state index contributed by atoms with van der Waals surface area (Å²) < 4.78 is 41.9. The topological polar surface area (TPSA) is 119 Å². The Bertz CT molecular complexity index is 2040. The molecule has 11 heteroatoms. The molecule has 0 amide bonds. The second-order valence-electron chi connectivity index (χ2n) is 18.1. The number of benzene rings is 4. The number of ether oxygens (including phenoxy) is 6. The largest absolute Gasteiger partial charge is 0.374 e. The summed E-state index contributed by atoms with van der Waals surface area (Å²) in [7, 11) is 0. The zero-order valence-corrected chi connectivity index (χ0v) is 39.8. The van der Waals surface area contributed by atoms with Gasteiger partial charge in [-0.2, -0.15) is 4.68 Å². The number of nitrogens with zero attached hydrogens (tertiary/aromatic N) is 3. The van der Waals surface area contributed by atoms with Crippen molar-refractivity contribution in [2.75, 3.05) is 13.2 Å². The molecule has 0 radical (unpaired) electrons. The molecule has 6 rings (SSSR count). The molecule has 0 bridgehead atoms. The molecule has 0 saturated carbocycles. The molecule has 1 saturated heterocycles. The summed E-state index contributed by atoms with van der Waals surface area (Å²) in [6.07, 6.45) is 13.5. The predicted octanol–water partition coefficient (Wildman–Crippen LogP) is 11.6. The molecule has 0 aliphatic carbocycles. The molecule has 1 fully saturated rings. The lowest BCUT2D eigenvalue weighted by Gasteiger charge is -2.44. The highest BCUT2D eigenvalue weighted by Crippen LogP contribution is 2.35. The number of hydrogen-bond acceptors (Lipinski definition) is 9. The number of aromatic amines is 1. The van der Waals surface area contributed by atoms with Crippen LogP contribution in [0.25, 0.3) is 0 Å². The molecule has 5 aromatic rings. The maximum atomic E-state index is 13.6. The van der Waals surface area contributed by atoms with Gasteiger partial charge in [-0.25, -0.2) is 9.89 Å². The monoisotopic (exact) mass is 905 g/mol. The smallest absolute Gasteiger partial charge is 0.361 e. The zero-order valence-electron chi connectivity index (χ0n) is 39.8. The van der Waals surface area contributed by atoms with Crippen molar-refractivity contribution in [3.63, 3.8) is 0 Å². The first-order valence-electron chi connectivity index (χ1n) is 24.8. The second kappa shape index (κ2) is 29.3. The molecule has 5 unspecified atom stereocenters. The van der Waals surface area contributed by atoms with Crippen LogP contribution in [0.3, 0.4) is 0 Å². The first-order valence-corrected chi connectivity index (χ1v) is 24.8. The van der Waals surface area contributed by atoms with Gasteiger partial charge in [0.1, 0.15) is 18.2 Å². The first-order chi connectivity index (χ1) is 32.5. The van der Waals surface area contributed by atoms with Crippen LogP contribution in [0.2, 0.25) is 0 Å². The molecule has 4 aromatic carbocycles. The average Bonchev–Trinajstić information content (AvgIpc) is 3.78. The van der Waals surface area contributed by atoms with E-state index in [1.165, 1.54) is 68.9 Å². The van der Waals surface area contributed by atoms with Gasteiger partial charge >= 0.3 is 5.69 Å². The van der Waals surface area contributed by atoms with Crippen molar-refractivity contribution < 1.29 is 28.4 Å². The third-order valence-electron chi connectivity index (χ3n) is 13.1. The van der Waals surface area contributed by atoms with Crippen LogP contribution in [-0.4, -0.2) is 64.1 Å². The average molecular weight is 905 g/mol. The lowest BCUT2D eigenvalue weighted by molar-refractivity contribution is -0.285. The third-order valence-corrected chi connectivity index (χ3v) is 13.1. The minimum Gasteiger partial charge on any atom is -0.374 e. The van der Waals surface area contributed by atoms with E-state index in [1.807, 2.05) is 84.9 Å². The van der Waals surface area contributed by atoms with Gasteiger partial charge in [-0.05, 0) is 45.0 Å². The van der Waals surface area contributed by atoms with E-state index in [-0.39, 0.29) is 24.5 Å². The van der Waals surface area contributed by atoms with E-state index in [2.05, 4.69) is 72.7 Å². The molecule has 1 aliphatic rings. The number of aromatic nitrogens is 4. The van der Waals surface area contributed by atoms with Crippen LogP contribution in [0.1, 0.15) is 133 Å². The fourth-order valence-electron chi connectivity index (χ4n) is 8.94. The standard InChI is InChI=1S/C55H76N4O7/c1-4-5-6-7-8-9-10-11-12-13-14-27-36-50(62-38-46-30-21-16-22-31-46)53(64-40-48-34-25-18-26-35-48)49(59-55(60)56-57-58-59)41-65-54-44(3)43(2)52(63-39-47-32-23-17-24-33-47)51(66-54)42-61-37-45-28-19-15-20-29-45/h15-26,28-35,43-44,49-54H,4-14,27,36-42H2,1-3H3,(H,56,58,60)/t43?,44?,49-,50+,51?,52?,53-,54?/m0/s1. The molecule has 1 aliphatic heterocycles. The summed E-state index contributed by atoms with van der Waals surface area (Å²) in [5, 5.41) is 10.8. The highest BCUT2D eigenvalue weighted by Gasteiger charge is 2.44. The van der Waals surface area contributed by atoms with Crippen LogP contribution in [0.15, 0.2) is 126 Å². The molecular formula is C55H76N4O7. The Morgan fingerprint density at radius 2 is 1.11 bits per heavy atom. The predicted molar refractivity (Wildman–Crippen MR) is 259 cm³/mol. The van der Waals surface area contributed by atoms with Crippen LogP contribution in [-0.2, 0) is 54.8 Å². The Morgan fingerprint density at radius 1 is 0.606 bits per heavy atom. The number of unbranched alkanes of at least 4 members (excludes halogenated alkanes) is 11. The van der Waals surface area contributed by atoms with Gasteiger partial charge in [-0.3, -0.25) is 0 Å². The van der Waals surface area contributed by atoms with E-state index in [9.17, 15) is 4.79 Å². The van der Waals surface area contributed by atoms with Crippen molar-refractivity contribution in [1.82, 2.24) is 20.2 Å². The van der Waals surface area contributed by atoms with Gasteiger partial charge in [0.2, 0.25) is 0 Å². The summed E-state index contributed by atoms with van der Waals surface area (Å²) in [5.41, 5.74) is 3.80. The van der Waals surface area contributed by atoms with Crippen LogP contribution >= 0.6 is 0 Å². The summed E-state index contributed by atoms with van der Waals surface area (Å²) >= 11 is 0. The highest BCUT2D eigenvalue weighted by atomic mass is 16.7. The SMILES string of the molecule is CCCCCCCCCCCCCC[C@@H](OCc1ccccc1)[C@@H](OCc1ccccc1)[C@H](COC1OC(COCc2ccccc2)C(OCc2ccccc2)C(C)C1C)n1nn[nH]c1=O. The van der Waals surface area contributed by atoms with Crippen molar-refractivity contribution in [2.45, 2.75) is 167 Å². The molecular weight excluding hydrogens is 829 g/mol. The minimum absolute atomic E-state index is 0.0453. The number of hydrogen-bond donors (Lipinski definition) is 1. The Kier molecular flexibility index (Phi) is 22.6. The van der Waals surface area contributed by atoms with Gasteiger partial charge in [0, 0.05) is 5.92 Å². The van der Waals surface area contributed by atoms with Gasteiger partial charge in [0.05, 0.1) is 51.8 Å². The van der Waals surface area contributed by atoms with Crippen LogP contribution in [0, 0.1) is 11.8 Å². The molecule has 0 spiro atoms. The van der Waals surface area contributed by atoms with E-state index < -0.39 is 36.3 Å². The fourth-order valence-corrected chi connectivity index (χ4v) is 8.94. The van der Waals surface area contributed by atoms with Crippen LogP contribution in [0.5, 0.6) is 0 Å². The van der Waals surface area contributed by atoms with Crippen molar-refractivity contribution in [2.24, 2.45) is 11.8 Å². The highest BCUT2D eigenvalue weighted by molar-refractivity contribution is 5.16. The van der Waals surface area contributed by atoms with E-state index in [0.717, 1.165) is 41.5 Å². The lowest BCUT2D eigenvalue weighted by Crippen LogP contribution is -2.53. The van der Waals surface area contributed by atoms with Crippen LogP contribution in [0.4, 0.5) is 0 Å². The molecule has 2 heterocycles. The summed E-state index contributed by atoms with van der Waals surface area (Å²) in [6, 6.07) is 39.9. The van der Waals surface area contributed by atoms with Gasteiger partial charge in [0.15, 0.2) is 6.29 Å². The summed E-state index contributed by atoms with van der Waals surface area (Å²) in [6.45, 7) is 8.58. The Hall–Kier alpha value is -4.49. The van der Waals surface area contributed by atoms with Crippen molar-refractivity contribution in [3.05, 3.63) is 154 Å². The van der Waals surface area contributed by atoms with E-state index in [1.54, 1.807) is 0 Å². The van der Waals surface area contributed by atoms with Crippen LogP contribution < -0.4 is 5.69 Å². The maximum absolute atomic E-state index is 13.6. The third kappa shape index (κ3) is 17.0. The first kappa shape index (κ1) is 50.9. The van der Waals surface area contributed by atoms with Gasteiger partial charge in [-0.15, -0.1) is 0 Å². The Labute approximate surface area is 393 Å². The molecule has 358 valence electrons. The fraction of sp³-hybridized carbons (Fsp3) is 0.545. The quantitative estimate of drug-likeness (QED) is 0.0421. The zero-order chi connectivity index (χ0) is 46.0. The van der Waals surface area contributed by atoms with Gasteiger partial charge < -0.3 is 28.4 Å². The lowest BCUT2D eigenvalue weighted by atomic mass is 9.84. The molecule has 1 N–H and O–H groups in total. The van der Waals surface area contributed by atoms with Crippen molar-refractivity contribution >= 4 is 0 Å². The summed E-state index contributed by atoms with van der Waals surface area (Å²) in [4.78, 5) is 13.6. The number of tetrazole rings is 1. The van der Waals surface area contributed by atoms with E-state index in [0.29, 0.717) is 33.0 Å². The summed E-state index contributed by atoms with van der Waals surface area (Å²) in [5.74, 6) is -0.0235. The number of nitrogens with one attached hydrogen (secondary N) is 1. The molecule has 66 heavy (non-hydrogen) atoms. The van der Waals surface area contributed by atoms with Gasteiger partial charge in [-0.1, -0.05) is 219 Å². The number of rotatable bonds is 32. The van der Waals surface area contributed by atoms with Crippen molar-refractivity contribution in [3.8, 4) is 0 Å². The second-order valence-corrected chi connectivity index (χ2v) is 18.1. The Balaban J connectivity index is 1.19. The normalized spacial score (nSPS) is 20.0. The molecule has 8 atom stereocenters. The van der Waals surface area contributed by atoms with E-state index >= 15 is 0 Å². The minimum atomic E-state index is -0.705.